The molecule has 0 saturated heterocycles. The molecule has 2 heterocycles. The Hall–Kier alpha value is -2.74. The summed E-state index contributed by atoms with van der Waals surface area (Å²) in [5, 5.41) is 8.00. The summed E-state index contributed by atoms with van der Waals surface area (Å²) in [5.74, 6) is 0.762. The fourth-order valence-corrected chi connectivity index (χ4v) is 3.47. The fraction of sp³-hybridized carbons (Fsp3) is 0.0909. The molecule has 2 aromatic heterocycles. The van der Waals surface area contributed by atoms with Crippen LogP contribution in [0.1, 0.15) is 21.9 Å². The molecule has 0 unspecified atom stereocenters. The van der Waals surface area contributed by atoms with E-state index >= 15 is 0 Å². The Bertz CT molecular complexity index is 1200. The van der Waals surface area contributed by atoms with E-state index in [4.69, 9.17) is 32.4 Å². The molecule has 6 nitrogen and oxygen atoms in total. The molecule has 0 aliphatic rings. The van der Waals surface area contributed by atoms with Gasteiger partial charge in [0.05, 0.1) is 22.2 Å². The Balaban J connectivity index is 1.33. The van der Waals surface area contributed by atoms with E-state index in [2.05, 4.69) is 26.3 Å². The summed E-state index contributed by atoms with van der Waals surface area (Å²) in [6.07, 6.45) is 3.63. The molecule has 0 atom stereocenters. The highest BCUT2D eigenvalue weighted by Crippen LogP contribution is 2.28. The van der Waals surface area contributed by atoms with Gasteiger partial charge < -0.3 is 14.5 Å². The number of furan rings is 1. The molecule has 0 radical (unpaired) electrons. The van der Waals surface area contributed by atoms with Crippen LogP contribution in [0.3, 0.4) is 0 Å². The number of carbonyl (C=O) groups is 1. The van der Waals surface area contributed by atoms with E-state index in [1.807, 2.05) is 35.1 Å². The van der Waals surface area contributed by atoms with E-state index in [1.54, 1.807) is 36.5 Å². The molecular formula is C22H16BrCl2N3O3. The number of rotatable bonds is 7. The lowest BCUT2D eigenvalue weighted by Crippen LogP contribution is -2.11. The van der Waals surface area contributed by atoms with Crippen molar-refractivity contribution in [3.63, 3.8) is 0 Å². The van der Waals surface area contributed by atoms with Crippen LogP contribution in [-0.2, 0) is 13.2 Å². The van der Waals surface area contributed by atoms with E-state index in [1.165, 1.54) is 0 Å². The fourth-order valence-electron chi connectivity index (χ4n) is 2.81. The predicted octanol–water partition coefficient (Wildman–Crippen LogP) is 6.43. The van der Waals surface area contributed by atoms with E-state index in [0.717, 1.165) is 10.0 Å². The van der Waals surface area contributed by atoms with E-state index in [9.17, 15) is 4.79 Å². The molecule has 1 amide bonds. The van der Waals surface area contributed by atoms with Crippen LogP contribution in [0.4, 0.5) is 5.69 Å². The summed E-state index contributed by atoms with van der Waals surface area (Å²) in [4.78, 5) is 12.5. The Morgan fingerprint density at radius 2 is 1.94 bits per heavy atom. The van der Waals surface area contributed by atoms with Crippen molar-refractivity contribution in [3.05, 3.63) is 98.6 Å². The van der Waals surface area contributed by atoms with Gasteiger partial charge in [0.1, 0.15) is 18.1 Å². The quantitative estimate of drug-likeness (QED) is 0.305. The summed E-state index contributed by atoms with van der Waals surface area (Å²) in [6.45, 7) is 0.754. The van der Waals surface area contributed by atoms with Crippen molar-refractivity contribution in [2.45, 2.75) is 13.2 Å². The lowest BCUT2D eigenvalue weighted by Gasteiger charge is -2.07. The maximum absolute atomic E-state index is 12.5. The summed E-state index contributed by atoms with van der Waals surface area (Å²) in [7, 11) is 0. The summed E-state index contributed by atoms with van der Waals surface area (Å²) >= 11 is 15.4. The minimum absolute atomic E-state index is 0.117. The molecule has 4 rings (SSSR count). The van der Waals surface area contributed by atoms with Crippen LogP contribution in [0.15, 0.2) is 75.9 Å². The highest BCUT2D eigenvalue weighted by atomic mass is 79.9. The lowest BCUT2D eigenvalue weighted by molar-refractivity contribution is 0.0992. The first-order chi connectivity index (χ1) is 15.0. The molecule has 2 aromatic carbocycles. The zero-order chi connectivity index (χ0) is 21.8. The average molecular weight is 521 g/mol. The van der Waals surface area contributed by atoms with Crippen LogP contribution < -0.4 is 10.1 Å². The SMILES string of the molecule is O=C(Nc1ccc(Cn2cc(Br)cn2)cc1)c1ccc(COc2cc(Cl)ccc2Cl)o1. The Morgan fingerprint density at radius 3 is 2.68 bits per heavy atom. The zero-order valence-corrected chi connectivity index (χ0v) is 19.1. The number of amides is 1. The second kappa shape index (κ2) is 9.60. The minimum Gasteiger partial charge on any atom is -0.484 e. The van der Waals surface area contributed by atoms with Crippen LogP contribution in [-0.4, -0.2) is 15.7 Å². The number of ether oxygens (including phenoxy) is 1. The largest absolute Gasteiger partial charge is 0.484 e. The number of halogens is 3. The highest BCUT2D eigenvalue weighted by molar-refractivity contribution is 9.10. The molecule has 0 spiro atoms. The first kappa shape index (κ1) is 21.5. The van der Waals surface area contributed by atoms with Crippen molar-refractivity contribution in [1.29, 1.82) is 0 Å². The van der Waals surface area contributed by atoms with Crippen LogP contribution >= 0.6 is 39.1 Å². The average Bonchev–Trinajstić information content (AvgIpc) is 3.39. The van der Waals surface area contributed by atoms with Gasteiger partial charge in [0, 0.05) is 23.0 Å². The van der Waals surface area contributed by atoms with Gasteiger partial charge in [-0.05, 0) is 57.9 Å². The summed E-state index contributed by atoms with van der Waals surface area (Å²) in [6, 6.07) is 15.8. The Labute approximate surface area is 196 Å². The molecule has 158 valence electrons. The summed E-state index contributed by atoms with van der Waals surface area (Å²) in [5.41, 5.74) is 1.72. The highest BCUT2D eigenvalue weighted by Gasteiger charge is 2.13. The molecule has 9 heteroatoms. The third-order valence-electron chi connectivity index (χ3n) is 4.31. The van der Waals surface area contributed by atoms with Gasteiger partial charge >= 0.3 is 0 Å². The third-order valence-corrected chi connectivity index (χ3v) is 5.26. The van der Waals surface area contributed by atoms with Gasteiger partial charge in [0.2, 0.25) is 0 Å². The minimum atomic E-state index is -0.351. The van der Waals surface area contributed by atoms with Gasteiger partial charge in [0.15, 0.2) is 5.76 Å². The van der Waals surface area contributed by atoms with E-state index in [-0.39, 0.29) is 18.3 Å². The number of aromatic nitrogens is 2. The van der Waals surface area contributed by atoms with Crippen molar-refractivity contribution in [2.75, 3.05) is 5.32 Å². The van der Waals surface area contributed by atoms with Crippen LogP contribution in [0.2, 0.25) is 10.0 Å². The molecule has 0 saturated carbocycles. The van der Waals surface area contributed by atoms with Crippen LogP contribution in [0.5, 0.6) is 5.75 Å². The number of benzene rings is 2. The first-order valence-electron chi connectivity index (χ1n) is 9.21. The maximum Gasteiger partial charge on any atom is 0.291 e. The maximum atomic E-state index is 12.5. The predicted molar refractivity (Wildman–Crippen MR) is 123 cm³/mol. The monoisotopic (exact) mass is 519 g/mol. The third kappa shape index (κ3) is 5.70. The van der Waals surface area contributed by atoms with E-state index < -0.39 is 0 Å². The molecule has 1 N–H and O–H groups in total. The number of nitrogens with zero attached hydrogens (tertiary/aromatic N) is 2. The number of hydrogen-bond acceptors (Lipinski definition) is 4. The van der Waals surface area contributed by atoms with Crippen molar-refractivity contribution in [3.8, 4) is 5.75 Å². The smallest absolute Gasteiger partial charge is 0.291 e. The molecule has 4 aromatic rings. The second-order valence-electron chi connectivity index (χ2n) is 6.64. The zero-order valence-electron chi connectivity index (χ0n) is 16.0. The number of nitrogens with one attached hydrogen (secondary N) is 1. The van der Waals surface area contributed by atoms with Crippen molar-refractivity contribution < 1.29 is 13.9 Å². The van der Waals surface area contributed by atoms with Gasteiger partial charge in [-0.3, -0.25) is 9.48 Å². The van der Waals surface area contributed by atoms with Crippen molar-refractivity contribution >= 4 is 50.7 Å². The number of anilines is 1. The standard InChI is InChI=1S/C22H16BrCl2N3O3/c23-15-10-26-28(12-15)11-14-1-4-17(5-2-14)27-22(29)20-8-6-18(31-20)13-30-21-9-16(24)3-7-19(21)25/h1-10,12H,11,13H2,(H,27,29). The van der Waals surface area contributed by atoms with Crippen molar-refractivity contribution in [1.82, 2.24) is 9.78 Å². The van der Waals surface area contributed by atoms with E-state index in [0.29, 0.717) is 33.8 Å². The first-order valence-corrected chi connectivity index (χ1v) is 10.8. The normalized spacial score (nSPS) is 10.8. The van der Waals surface area contributed by atoms with Crippen molar-refractivity contribution in [2.24, 2.45) is 0 Å². The molecule has 0 bridgehead atoms. The van der Waals surface area contributed by atoms with Gasteiger partial charge in [-0.25, -0.2) is 0 Å². The Morgan fingerprint density at radius 1 is 1.13 bits per heavy atom. The Kier molecular flexibility index (Phi) is 6.65. The molecular weight excluding hydrogens is 505 g/mol. The summed E-state index contributed by atoms with van der Waals surface area (Å²) < 4.78 is 14.0. The van der Waals surface area contributed by atoms with Gasteiger partial charge in [-0.2, -0.15) is 5.10 Å². The second-order valence-corrected chi connectivity index (χ2v) is 8.40. The molecule has 0 fully saturated rings. The number of hydrogen-bond donors (Lipinski definition) is 1. The van der Waals surface area contributed by atoms with Gasteiger partial charge in [0.25, 0.3) is 5.91 Å². The van der Waals surface area contributed by atoms with Gasteiger partial charge in [-0.15, -0.1) is 0 Å². The van der Waals surface area contributed by atoms with Crippen LogP contribution in [0, 0.1) is 0 Å². The number of carbonyl (C=O) groups excluding carboxylic acids is 1. The van der Waals surface area contributed by atoms with Crippen LogP contribution in [0.25, 0.3) is 0 Å². The molecule has 0 aliphatic heterocycles. The topological polar surface area (TPSA) is 69.3 Å². The molecule has 31 heavy (non-hydrogen) atoms. The van der Waals surface area contributed by atoms with Gasteiger partial charge in [-0.1, -0.05) is 35.3 Å². The molecule has 0 aliphatic carbocycles. The lowest BCUT2D eigenvalue weighted by atomic mass is 10.2.